The third-order valence-electron chi connectivity index (χ3n) is 6.51. The van der Waals surface area contributed by atoms with E-state index in [4.69, 9.17) is 0 Å². The highest BCUT2D eigenvalue weighted by Crippen LogP contribution is 2.43. The van der Waals surface area contributed by atoms with E-state index < -0.39 is 17.0 Å². The third-order valence-corrected chi connectivity index (χ3v) is 6.51. The van der Waals surface area contributed by atoms with E-state index in [-0.39, 0.29) is 5.91 Å². The second-order valence-corrected chi connectivity index (χ2v) is 9.12. The van der Waals surface area contributed by atoms with Gasteiger partial charge in [0.2, 0.25) is 5.91 Å². The largest absolute Gasteiger partial charge is 0.465 e. The van der Waals surface area contributed by atoms with E-state index in [1.165, 1.54) is 24.2 Å². The highest BCUT2D eigenvalue weighted by molar-refractivity contribution is 5.90. The van der Waals surface area contributed by atoms with Gasteiger partial charge in [0, 0.05) is 31.7 Å². The van der Waals surface area contributed by atoms with Crippen LogP contribution in [0.1, 0.15) is 73.1 Å². The summed E-state index contributed by atoms with van der Waals surface area (Å²) in [6, 6.07) is 1.08. The SMILES string of the molecule is C[C@@H]1CCC[C@H](C)N1CCNC(=O)[C@@]1(C(C)(C)C)CCCCN1C(=O)O. The quantitative estimate of drug-likeness (QED) is 0.799. The molecular formula is C20H37N3O3. The van der Waals surface area contributed by atoms with Crippen molar-refractivity contribution < 1.29 is 14.7 Å². The number of hydrogen-bond donors (Lipinski definition) is 2. The Morgan fingerprint density at radius 1 is 1.12 bits per heavy atom. The molecule has 2 fully saturated rings. The monoisotopic (exact) mass is 367 g/mol. The maximum absolute atomic E-state index is 13.3. The maximum Gasteiger partial charge on any atom is 0.408 e. The number of amides is 2. The number of carbonyl (C=O) groups is 2. The van der Waals surface area contributed by atoms with Crippen molar-refractivity contribution in [1.82, 2.24) is 15.1 Å². The fourth-order valence-electron chi connectivity index (χ4n) is 4.95. The minimum absolute atomic E-state index is 0.135. The minimum Gasteiger partial charge on any atom is -0.465 e. The van der Waals surface area contributed by atoms with Gasteiger partial charge in [-0.25, -0.2) is 4.79 Å². The summed E-state index contributed by atoms with van der Waals surface area (Å²) in [5.41, 5.74) is -1.45. The number of rotatable bonds is 4. The number of carbonyl (C=O) groups excluding carboxylic acids is 1. The molecule has 2 aliphatic rings. The van der Waals surface area contributed by atoms with E-state index in [0.29, 0.717) is 31.6 Å². The van der Waals surface area contributed by atoms with Gasteiger partial charge in [-0.1, -0.05) is 27.2 Å². The Balaban J connectivity index is 2.09. The molecule has 0 saturated carbocycles. The van der Waals surface area contributed by atoms with Crippen molar-refractivity contribution in [2.75, 3.05) is 19.6 Å². The highest BCUT2D eigenvalue weighted by Gasteiger charge is 2.55. The van der Waals surface area contributed by atoms with Gasteiger partial charge in [-0.3, -0.25) is 14.6 Å². The summed E-state index contributed by atoms with van der Waals surface area (Å²) < 4.78 is 0. The van der Waals surface area contributed by atoms with Gasteiger partial charge in [-0.15, -0.1) is 0 Å². The van der Waals surface area contributed by atoms with Crippen LogP contribution in [0.2, 0.25) is 0 Å². The van der Waals surface area contributed by atoms with E-state index >= 15 is 0 Å². The maximum atomic E-state index is 13.3. The molecule has 2 aliphatic heterocycles. The molecule has 0 bridgehead atoms. The second kappa shape index (κ2) is 8.15. The molecule has 0 aliphatic carbocycles. The molecule has 2 heterocycles. The number of hydrogen-bond acceptors (Lipinski definition) is 3. The average molecular weight is 368 g/mol. The minimum atomic E-state index is -0.993. The molecule has 0 spiro atoms. The van der Waals surface area contributed by atoms with Crippen molar-refractivity contribution in [2.45, 2.75) is 90.8 Å². The van der Waals surface area contributed by atoms with Crippen LogP contribution in [0.4, 0.5) is 4.79 Å². The topological polar surface area (TPSA) is 72.9 Å². The Hall–Kier alpha value is -1.30. The standard InChI is InChI=1S/C20H37N3O3/c1-15-9-8-10-16(2)22(15)14-12-21-17(24)20(19(3,4)5)11-6-7-13-23(20)18(25)26/h15-16H,6-14H2,1-5H3,(H,21,24)(H,25,26)/t15-,16+,20-/m1/s1. The van der Waals surface area contributed by atoms with Crippen molar-refractivity contribution >= 4 is 12.0 Å². The van der Waals surface area contributed by atoms with Crippen LogP contribution in [0.15, 0.2) is 0 Å². The molecule has 3 atom stereocenters. The van der Waals surface area contributed by atoms with Gasteiger partial charge in [0.25, 0.3) is 0 Å². The molecule has 2 amide bonds. The Morgan fingerprint density at radius 2 is 1.73 bits per heavy atom. The second-order valence-electron chi connectivity index (χ2n) is 9.12. The summed E-state index contributed by atoms with van der Waals surface area (Å²) in [6.45, 7) is 12.2. The van der Waals surface area contributed by atoms with Crippen molar-refractivity contribution in [3.8, 4) is 0 Å². The molecule has 2 N–H and O–H groups in total. The number of piperidine rings is 2. The Kier molecular flexibility index (Phi) is 6.59. The molecule has 6 nitrogen and oxygen atoms in total. The van der Waals surface area contributed by atoms with Gasteiger partial charge >= 0.3 is 6.09 Å². The summed E-state index contributed by atoms with van der Waals surface area (Å²) in [7, 11) is 0. The van der Waals surface area contributed by atoms with Crippen LogP contribution in [-0.4, -0.2) is 64.2 Å². The lowest BCUT2D eigenvalue weighted by Gasteiger charge is -2.52. The molecule has 0 unspecified atom stereocenters. The molecule has 0 aromatic carbocycles. The fraction of sp³-hybridized carbons (Fsp3) is 0.900. The van der Waals surface area contributed by atoms with Crippen molar-refractivity contribution in [3.63, 3.8) is 0 Å². The van der Waals surface area contributed by atoms with Gasteiger partial charge in [0.15, 0.2) is 0 Å². The van der Waals surface area contributed by atoms with Gasteiger partial charge in [0.05, 0.1) is 0 Å². The van der Waals surface area contributed by atoms with Gasteiger partial charge in [0.1, 0.15) is 5.54 Å². The molecule has 26 heavy (non-hydrogen) atoms. The van der Waals surface area contributed by atoms with E-state index in [0.717, 1.165) is 19.4 Å². The first-order valence-corrected chi connectivity index (χ1v) is 10.2. The normalized spacial score (nSPS) is 30.9. The van der Waals surface area contributed by atoms with Crippen LogP contribution in [0.25, 0.3) is 0 Å². The summed E-state index contributed by atoms with van der Waals surface area (Å²) in [5.74, 6) is -0.135. The lowest BCUT2D eigenvalue weighted by atomic mass is 9.67. The zero-order valence-electron chi connectivity index (χ0n) is 17.2. The molecule has 2 saturated heterocycles. The van der Waals surface area contributed by atoms with E-state index in [1.807, 2.05) is 20.8 Å². The Labute approximate surface area is 158 Å². The summed E-state index contributed by atoms with van der Waals surface area (Å²) in [6.07, 6.45) is 4.98. The van der Waals surface area contributed by atoms with Crippen LogP contribution < -0.4 is 5.32 Å². The molecule has 6 heteroatoms. The number of nitrogens with one attached hydrogen (secondary N) is 1. The molecular weight excluding hydrogens is 330 g/mol. The predicted molar refractivity (Wildman–Crippen MR) is 103 cm³/mol. The van der Waals surface area contributed by atoms with Crippen molar-refractivity contribution in [2.24, 2.45) is 5.41 Å². The molecule has 0 aromatic rings. The molecule has 2 rings (SSSR count). The van der Waals surface area contributed by atoms with Crippen LogP contribution in [0.3, 0.4) is 0 Å². The average Bonchev–Trinajstić information content (AvgIpc) is 2.56. The number of likely N-dealkylation sites (tertiary alicyclic amines) is 2. The lowest BCUT2D eigenvalue weighted by molar-refractivity contribution is -0.143. The molecule has 150 valence electrons. The first kappa shape index (κ1) is 21.0. The van der Waals surface area contributed by atoms with Crippen LogP contribution >= 0.6 is 0 Å². The number of nitrogens with zero attached hydrogens (tertiary/aromatic N) is 2. The molecule has 0 radical (unpaired) electrons. The summed E-state index contributed by atoms with van der Waals surface area (Å²) in [4.78, 5) is 29.0. The van der Waals surface area contributed by atoms with Gasteiger partial charge < -0.3 is 10.4 Å². The molecule has 0 aromatic heterocycles. The zero-order chi connectivity index (χ0) is 19.5. The van der Waals surface area contributed by atoms with E-state index in [2.05, 4.69) is 24.1 Å². The van der Waals surface area contributed by atoms with Crippen molar-refractivity contribution in [3.05, 3.63) is 0 Å². The highest BCUT2D eigenvalue weighted by atomic mass is 16.4. The Morgan fingerprint density at radius 3 is 2.27 bits per heavy atom. The summed E-state index contributed by atoms with van der Waals surface area (Å²) >= 11 is 0. The Bertz CT molecular complexity index is 507. The van der Waals surface area contributed by atoms with Crippen LogP contribution in [-0.2, 0) is 4.79 Å². The first-order chi connectivity index (χ1) is 12.1. The van der Waals surface area contributed by atoms with E-state index in [1.54, 1.807) is 0 Å². The fourth-order valence-corrected chi connectivity index (χ4v) is 4.95. The van der Waals surface area contributed by atoms with E-state index in [9.17, 15) is 14.7 Å². The van der Waals surface area contributed by atoms with Crippen molar-refractivity contribution in [1.29, 1.82) is 0 Å². The first-order valence-electron chi connectivity index (χ1n) is 10.2. The summed E-state index contributed by atoms with van der Waals surface area (Å²) in [5, 5.41) is 12.8. The van der Waals surface area contributed by atoms with Crippen LogP contribution in [0.5, 0.6) is 0 Å². The zero-order valence-corrected chi connectivity index (χ0v) is 17.2. The third kappa shape index (κ3) is 4.00. The number of carboxylic acid groups (broad SMARTS) is 1. The van der Waals surface area contributed by atoms with Gasteiger partial charge in [-0.2, -0.15) is 0 Å². The lowest BCUT2D eigenvalue weighted by Crippen LogP contribution is -2.68. The predicted octanol–water partition coefficient (Wildman–Crippen LogP) is 3.31. The van der Waals surface area contributed by atoms with Gasteiger partial charge in [-0.05, 0) is 51.4 Å². The smallest absolute Gasteiger partial charge is 0.408 e. The van der Waals surface area contributed by atoms with Crippen LogP contribution in [0, 0.1) is 5.41 Å².